The Kier molecular flexibility index (Phi) is 3.27. The summed E-state index contributed by atoms with van der Waals surface area (Å²) in [6.07, 6.45) is 4.25. The van der Waals surface area contributed by atoms with Gasteiger partial charge in [-0.15, -0.1) is 0 Å². The first-order valence-corrected chi connectivity index (χ1v) is 4.98. The summed E-state index contributed by atoms with van der Waals surface area (Å²) in [7, 11) is 0. The number of rotatable bonds is 3. The molecule has 0 atom stereocenters. The van der Waals surface area contributed by atoms with E-state index >= 15 is 0 Å². The number of halogens is 1. The molecule has 0 radical (unpaired) electrons. The van der Waals surface area contributed by atoms with E-state index < -0.39 is 0 Å². The lowest BCUT2D eigenvalue weighted by Crippen LogP contribution is -1.94. The van der Waals surface area contributed by atoms with Crippen LogP contribution in [0.1, 0.15) is 26.7 Å². The van der Waals surface area contributed by atoms with Crippen LogP contribution >= 0.6 is 15.9 Å². The quantitative estimate of drug-likeness (QED) is 0.653. The van der Waals surface area contributed by atoms with Gasteiger partial charge >= 0.3 is 0 Å². The van der Waals surface area contributed by atoms with E-state index in [-0.39, 0.29) is 0 Å². The molecule has 0 aliphatic heterocycles. The molecule has 12 heavy (non-hydrogen) atoms. The summed E-state index contributed by atoms with van der Waals surface area (Å²) in [5.41, 5.74) is 2.45. The fourth-order valence-corrected chi connectivity index (χ4v) is 1.60. The molecular formula is C10H14BrN. The van der Waals surface area contributed by atoms with Crippen LogP contribution in [0.15, 0.2) is 27.8 Å². The highest BCUT2D eigenvalue weighted by Gasteiger charge is 2.25. The minimum Gasteiger partial charge on any atom is -0.261 e. The van der Waals surface area contributed by atoms with Gasteiger partial charge in [0, 0.05) is 10.7 Å². The standard InChI is InChI=1S/C10H14BrN/c1-4-12-8(3)10(11)7(2)9-5-6-9/h4,9H,1,5-6H2,2-3H3/b10-7-,12-8?. The molecule has 0 N–H and O–H groups in total. The van der Waals surface area contributed by atoms with Gasteiger partial charge in [0.2, 0.25) is 0 Å². The van der Waals surface area contributed by atoms with Crippen molar-refractivity contribution in [3.8, 4) is 0 Å². The lowest BCUT2D eigenvalue weighted by atomic mass is 10.1. The largest absolute Gasteiger partial charge is 0.261 e. The number of hydrogen-bond acceptors (Lipinski definition) is 1. The Labute approximate surface area is 82.4 Å². The minimum atomic E-state index is 0.800. The summed E-state index contributed by atoms with van der Waals surface area (Å²) >= 11 is 3.55. The predicted octanol–water partition coefficient (Wildman–Crippen LogP) is 3.67. The van der Waals surface area contributed by atoms with Crippen LogP contribution in [0.2, 0.25) is 0 Å². The Morgan fingerprint density at radius 1 is 1.50 bits per heavy atom. The molecule has 2 heteroatoms. The molecule has 1 saturated carbocycles. The molecule has 66 valence electrons. The summed E-state index contributed by atoms with van der Waals surface area (Å²) in [6.45, 7) is 7.74. The predicted molar refractivity (Wildman–Crippen MR) is 57.7 cm³/mol. The van der Waals surface area contributed by atoms with Crippen LogP contribution in [0, 0.1) is 5.92 Å². The molecule has 0 saturated heterocycles. The fraction of sp³-hybridized carbons (Fsp3) is 0.500. The van der Waals surface area contributed by atoms with Crippen molar-refractivity contribution in [1.29, 1.82) is 0 Å². The Bertz CT molecular complexity index is 247. The van der Waals surface area contributed by atoms with Gasteiger partial charge in [-0.2, -0.15) is 0 Å². The monoisotopic (exact) mass is 227 g/mol. The third kappa shape index (κ3) is 2.31. The van der Waals surface area contributed by atoms with E-state index in [9.17, 15) is 0 Å². The zero-order valence-electron chi connectivity index (χ0n) is 7.60. The molecule has 1 nitrogen and oxygen atoms in total. The van der Waals surface area contributed by atoms with Crippen LogP contribution in [-0.2, 0) is 0 Å². The first-order valence-electron chi connectivity index (χ1n) is 4.18. The highest BCUT2D eigenvalue weighted by molar-refractivity contribution is 9.12. The highest BCUT2D eigenvalue weighted by atomic mass is 79.9. The first kappa shape index (κ1) is 9.72. The smallest absolute Gasteiger partial charge is 0.0513 e. The summed E-state index contributed by atoms with van der Waals surface area (Å²) < 4.78 is 1.16. The van der Waals surface area contributed by atoms with Crippen LogP contribution in [-0.4, -0.2) is 5.71 Å². The van der Waals surface area contributed by atoms with Crippen LogP contribution in [0.5, 0.6) is 0 Å². The van der Waals surface area contributed by atoms with Crippen molar-refractivity contribution in [1.82, 2.24) is 0 Å². The van der Waals surface area contributed by atoms with Gasteiger partial charge in [-0.25, -0.2) is 0 Å². The number of allylic oxidation sites excluding steroid dienone is 2. The van der Waals surface area contributed by atoms with E-state index in [2.05, 4.69) is 34.4 Å². The molecule has 0 unspecified atom stereocenters. The van der Waals surface area contributed by atoms with Crippen molar-refractivity contribution >= 4 is 21.6 Å². The number of hydrogen-bond donors (Lipinski definition) is 0. The summed E-state index contributed by atoms with van der Waals surface area (Å²) in [4.78, 5) is 4.13. The molecule has 0 aromatic rings. The minimum absolute atomic E-state index is 0.800. The number of nitrogens with zero attached hydrogens (tertiary/aromatic N) is 1. The molecule has 1 fully saturated rings. The van der Waals surface area contributed by atoms with Gasteiger partial charge in [0.15, 0.2) is 0 Å². The summed E-state index contributed by atoms with van der Waals surface area (Å²) in [5.74, 6) is 0.800. The van der Waals surface area contributed by atoms with Gasteiger partial charge in [-0.3, -0.25) is 4.99 Å². The van der Waals surface area contributed by atoms with Crippen LogP contribution in [0.25, 0.3) is 0 Å². The van der Waals surface area contributed by atoms with Crippen molar-refractivity contribution in [2.75, 3.05) is 0 Å². The maximum Gasteiger partial charge on any atom is 0.0513 e. The molecule has 0 spiro atoms. The van der Waals surface area contributed by atoms with Crippen molar-refractivity contribution in [3.05, 3.63) is 22.8 Å². The van der Waals surface area contributed by atoms with E-state index in [0.717, 1.165) is 16.1 Å². The van der Waals surface area contributed by atoms with E-state index in [0.29, 0.717) is 0 Å². The van der Waals surface area contributed by atoms with Crippen molar-refractivity contribution in [2.45, 2.75) is 26.7 Å². The van der Waals surface area contributed by atoms with Crippen molar-refractivity contribution in [3.63, 3.8) is 0 Å². The molecule has 0 aromatic carbocycles. The lowest BCUT2D eigenvalue weighted by Gasteiger charge is -2.02. The van der Waals surface area contributed by atoms with Gasteiger partial charge in [-0.05, 0) is 48.5 Å². The van der Waals surface area contributed by atoms with E-state index in [1.54, 1.807) is 6.20 Å². The summed E-state index contributed by atoms with van der Waals surface area (Å²) in [5, 5.41) is 0. The van der Waals surface area contributed by atoms with Crippen molar-refractivity contribution < 1.29 is 0 Å². The topological polar surface area (TPSA) is 12.4 Å². The molecule has 0 heterocycles. The Balaban J connectivity index is 2.78. The Morgan fingerprint density at radius 3 is 2.50 bits per heavy atom. The highest BCUT2D eigenvalue weighted by Crippen LogP contribution is 2.39. The summed E-state index contributed by atoms with van der Waals surface area (Å²) in [6, 6.07) is 0. The lowest BCUT2D eigenvalue weighted by molar-refractivity contribution is 1.01. The third-order valence-corrected chi connectivity index (χ3v) is 3.34. The SMILES string of the molecule is C=CN=C(C)/C(Br)=C(\C)C1CC1. The van der Waals surface area contributed by atoms with Gasteiger partial charge in [0.05, 0.1) is 5.71 Å². The van der Waals surface area contributed by atoms with E-state index in [1.165, 1.54) is 18.4 Å². The molecule has 0 bridgehead atoms. The fourth-order valence-electron chi connectivity index (χ4n) is 1.17. The van der Waals surface area contributed by atoms with Gasteiger partial charge in [0.25, 0.3) is 0 Å². The second-order valence-corrected chi connectivity index (χ2v) is 3.96. The van der Waals surface area contributed by atoms with E-state index in [4.69, 9.17) is 0 Å². The van der Waals surface area contributed by atoms with Crippen LogP contribution < -0.4 is 0 Å². The number of aliphatic imine (C=N–C) groups is 1. The van der Waals surface area contributed by atoms with Gasteiger partial charge in [0.1, 0.15) is 0 Å². The second kappa shape index (κ2) is 4.04. The molecule has 0 amide bonds. The zero-order chi connectivity index (χ0) is 9.14. The van der Waals surface area contributed by atoms with Gasteiger partial charge in [-0.1, -0.05) is 12.2 Å². The molecule has 1 aliphatic carbocycles. The van der Waals surface area contributed by atoms with Crippen LogP contribution in [0.3, 0.4) is 0 Å². The van der Waals surface area contributed by atoms with E-state index in [1.807, 2.05) is 6.92 Å². The molecule has 1 aliphatic rings. The third-order valence-electron chi connectivity index (χ3n) is 2.14. The normalized spacial score (nSPS) is 20.4. The zero-order valence-corrected chi connectivity index (χ0v) is 9.19. The molecule has 0 aromatic heterocycles. The van der Waals surface area contributed by atoms with Crippen molar-refractivity contribution in [2.24, 2.45) is 10.9 Å². The Hall–Kier alpha value is -0.370. The average Bonchev–Trinajstić information content (AvgIpc) is 2.84. The van der Waals surface area contributed by atoms with Crippen LogP contribution in [0.4, 0.5) is 0 Å². The maximum absolute atomic E-state index is 4.13. The first-order chi connectivity index (χ1) is 5.66. The van der Waals surface area contributed by atoms with Gasteiger partial charge < -0.3 is 0 Å². The maximum atomic E-state index is 4.13. The Morgan fingerprint density at radius 2 is 2.08 bits per heavy atom. The average molecular weight is 228 g/mol. The second-order valence-electron chi connectivity index (χ2n) is 3.17. The molecular weight excluding hydrogens is 214 g/mol. The molecule has 1 rings (SSSR count).